The average Bonchev–Trinajstić information content (AvgIpc) is 2.75. The standard InChI is InChI=1S/C28H51O3P/c1-6-7-8-9-10-11-12-13-14-15-16-20-23-30-32(29,27-21-18-17-19-22-27)31-25-26(2)24-28(3,4)5/h17-19,21-22,26H,6-16,20,23-25H2,1-5H3. The van der Waals surface area contributed by atoms with Gasteiger partial charge < -0.3 is 9.05 Å². The number of unbranched alkanes of at least 4 members (excludes halogenated alkanes) is 11. The first-order valence-corrected chi connectivity index (χ1v) is 14.8. The van der Waals surface area contributed by atoms with E-state index in [9.17, 15) is 4.57 Å². The molecule has 0 aliphatic rings. The number of hydrogen-bond acceptors (Lipinski definition) is 3. The van der Waals surface area contributed by atoms with Gasteiger partial charge in [-0.25, -0.2) is 0 Å². The summed E-state index contributed by atoms with van der Waals surface area (Å²) in [6.45, 7) is 12.1. The molecule has 0 heterocycles. The van der Waals surface area contributed by atoms with Gasteiger partial charge in [0.2, 0.25) is 0 Å². The zero-order chi connectivity index (χ0) is 23.7. The minimum Gasteiger partial charge on any atom is -0.305 e. The predicted octanol–water partition coefficient (Wildman–Crippen LogP) is 9.31. The third-order valence-electron chi connectivity index (χ3n) is 5.82. The van der Waals surface area contributed by atoms with Crippen LogP contribution >= 0.6 is 7.60 Å². The van der Waals surface area contributed by atoms with Crippen LogP contribution in [0.25, 0.3) is 0 Å². The summed E-state index contributed by atoms with van der Waals surface area (Å²) in [7, 11) is -3.27. The van der Waals surface area contributed by atoms with Crippen LogP contribution in [0.2, 0.25) is 0 Å². The van der Waals surface area contributed by atoms with Crippen LogP contribution in [-0.2, 0) is 13.6 Å². The topological polar surface area (TPSA) is 35.5 Å². The van der Waals surface area contributed by atoms with Crippen molar-refractivity contribution >= 4 is 12.9 Å². The van der Waals surface area contributed by atoms with Gasteiger partial charge in [-0.2, -0.15) is 0 Å². The Morgan fingerprint density at radius 3 is 1.78 bits per heavy atom. The molecule has 4 heteroatoms. The monoisotopic (exact) mass is 466 g/mol. The van der Waals surface area contributed by atoms with Crippen LogP contribution in [0.1, 0.15) is 118 Å². The van der Waals surface area contributed by atoms with Gasteiger partial charge in [-0.1, -0.05) is 123 Å². The van der Waals surface area contributed by atoms with Crippen LogP contribution in [0.15, 0.2) is 30.3 Å². The Kier molecular flexibility index (Phi) is 15.5. The van der Waals surface area contributed by atoms with E-state index in [-0.39, 0.29) is 5.41 Å². The zero-order valence-electron chi connectivity index (χ0n) is 21.7. The molecule has 2 atom stereocenters. The Bertz CT molecular complexity index is 609. The first-order valence-electron chi connectivity index (χ1n) is 13.2. The Morgan fingerprint density at radius 1 is 0.781 bits per heavy atom. The minimum absolute atomic E-state index is 0.232. The molecule has 0 saturated heterocycles. The van der Waals surface area contributed by atoms with E-state index in [0.29, 0.717) is 24.4 Å². The molecule has 0 aromatic heterocycles. The van der Waals surface area contributed by atoms with Crippen molar-refractivity contribution in [3.05, 3.63) is 30.3 Å². The molecule has 0 fully saturated rings. The average molecular weight is 467 g/mol. The van der Waals surface area contributed by atoms with E-state index in [1.165, 1.54) is 64.2 Å². The summed E-state index contributed by atoms with van der Waals surface area (Å²) in [4.78, 5) is 0. The Hall–Kier alpha value is -0.630. The molecule has 0 radical (unpaired) electrons. The highest BCUT2D eigenvalue weighted by molar-refractivity contribution is 7.62. The van der Waals surface area contributed by atoms with Crippen molar-refractivity contribution in [3.63, 3.8) is 0 Å². The highest BCUT2D eigenvalue weighted by atomic mass is 31.2. The Morgan fingerprint density at radius 2 is 1.28 bits per heavy atom. The number of benzene rings is 1. The fourth-order valence-corrected chi connectivity index (χ4v) is 5.98. The largest absolute Gasteiger partial charge is 0.361 e. The van der Waals surface area contributed by atoms with Crippen molar-refractivity contribution < 1.29 is 13.6 Å². The lowest BCUT2D eigenvalue weighted by atomic mass is 9.86. The van der Waals surface area contributed by atoms with Crippen molar-refractivity contribution in [1.29, 1.82) is 0 Å². The highest BCUT2D eigenvalue weighted by Crippen LogP contribution is 2.48. The summed E-state index contributed by atoms with van der Waals surface area (Å²) >= 11 is 0. The second kappa shape index (κ2) is 16.9. The van der Waals surface area contributed by atoms with Gasteiger partial charge in [0.25, 0.3) is 0 Å². The van der Waals surface area contributed by atoms with Gasteiger partial charge >= 0.3 is 7.60 Å². The summed E-state index contributed by atoms with van der Waals surface area (Å²) in [5.41, 5.74) is 0.232. The van der Waals surface area contributed by atoms with Gasteiger partial charge in [-0.3, -0.25) is 4.57 Å². The Labute approximate surface area is 199 Å². The molecule has 0 spiro atoms. The molecule has 1 aromatic carbocycles. The molecule has 186 valence electrons. The van der Waals surface area contributed by atoms with Crippen molar-refractivity contribution in [2.75, 3.05) is 13.2 Å². The molecule has 0 aliphatic carbocycles. The molecule has 0 bridgehead atoms. The van der Waals surface area contributed by atoms with E-state index >= 15 is 0 Å². The second-order valence-electron chi connectivity index (χ2n) is 10.7. The molecular formula is C28H51O3P. The van der Waals surface area contributed by atoms with Crippen molar-refractivity contribution in [2.45, 2.75) is 118 Å². The van der Waals surface area contributed by atoms with Crippen molar-refractivity contribution in [1.82, 2.24) is 0 Å². The SMILES string of the molecule is CCCCCCCCCCCCCCOP(=O)(OCC(C)CC(C)(C)C)c1ccccc1. The summed E-state index contributed by atoms with van der Waals surface area (Å²) in [6.07, 6.45) is 16.7. The minimum atomic E-state index is -3.27. The quantitative estimate of drug-likeness (QED) is 0.150. The first kappa shape index (κ1) is 29.4. The van der Waals surface area contributed by atoms with Gasteiger partial charge in [-0.15, -0.1) is 0 Å². The van der Waals surface area contributed by atoms with E-state index in [1.807, 2.05) is 30.3 Å². The molecular weight excluding hydrogens is 415 g/mol. The van der Waals surface area contributed by atoms with Gasteiger partial charge in [0.05, 0.1) is 18.5 Å². The summed E-state index contributed by atoms with van der Waals surface area (Å²) < 4.78 is 25.4. The van der Waals surface area contributed by atoms with Gasteiger partial charge in [0.1, 0.15) is 0 Å². The predicted molar refractivity (Wildman–Crippen MR) is 140 cm³/mol. The van der Waals surface area contributed by atoms with E-state index in [4.69, 9.17) is 9.05 Å². The maximum atomic E-state index is 13.5. The Balaban J connectivity index is 2.28. The fourth-order valence-electron chi connectivity index (χ4n) is 4.25. The van der Waals surface area contributed by atoms with Crippen LogP contribution in [0, 0.1) is 11.3 Å². The summed E-state index contributed by atoms with van der Waals surface area (Å²) in [5.74, 6) is 0.335. The van der Waals surface area contributed by atoms with Gasteiger partial charge in [-0.05, 0) is 36.3 Å². The molecule has 3 nitrogen and oxygen atoms in total. The lowest BCUT2D eigenvalue weighted by molar-refractivity contribution is 0.167. The van der Waals surface area contributed by atoms with Crippen LogP contribution in [-0.4, -0.2) is 13.2 Å². The third kappa shape index (κ3) is 14.5. The maximum absolute atomic E-state index is 13.5. The lowest BCUT2D eigenvalue weighted by Gasteiger charge is -2.25. The van der Waals surface area contributed by atoms with E-state index in [2.05, 4.69) is 34.6 Å². The molecule has 0 aliphatic heterocycles. The first-order chi connectivity index (χ1) is 15.3. The van der Waals surface area contributed by atoms with Gasteiger partial charge in [0.15, 0.2) is 0 Å². The second-order valence-corrected chi connectivity index (χ2v) is 12.7. The molecule has 32 heavy (non-hydrogen) atoms. The number of hydrogen-bond donors (Lipinski definition) is 0. The zero-order valence-corrected chi connectivity index (χ0v) is 22.6. The van der Waals surface area contributed by atoms with Crippen molar-refractivity contribution in [2.24, 2.45) is 11.3 Å². The van der Waals surface area contributed by atoms with Crippen molar-refractivity contribution in [3.8, 4) is 0 Å². The smallest absolute Gasteiger partial charge is 0.305 e. The van der Waals surface area contributed by atoms with E-state index < -0.39 is 7.60 Å². The fraction of sp³-hybridized carbons (Fsp3) is 0.786. The maximum Gasteiger partial charge on any atom is 0.361 e. The molecule has 2 unspecified atom stereocenters. The van der Waals surface area contributed by atoms with Gasteiger partial charge in [0, 0.05) is 0 Å². The van der Waals surface area contributed by atoms with E-state index in [1.54, 1.807) is 0 Å². The lowest BCUT2D eigenvalue weighted by Crippen LogP contribution is -2.18. The summed E-state index contributed by atoms with van der Waals surface area (Å²) in [6, 6.07) is 9.45. The van der Waals surface area contributed by atoms with Crippen LogP contribution in [0.3, 0.4) is 0 Å². The molecule has 0 amide bonds. The molecule has 1 aromatic rings. The molecule has 0 N–H and O–H groups in total. The molecule has 1 rings (SSSR count). The summed E-state index contributed by atoms with van der Waals surface area (Å²) in [5, 5.41) is 0.668. The third-order valence-corrected chi connectivity index (χ3v) is 7.76. The van der Waals surface area contributed by atoms with Crippen LogP contribution < -0.4 is 5.30 Å². The molecule has 0 saturated carbocycles. The highest BCUT2D eigenvalue weighted by Gasteiger charge is 2.28. The number of rotatable bonds is 19. The van der Waals surface area contributed by atoms with Crippen LogP contribution in [0.4, 0.5) is 0 Å². The van der Waals surface area contributed by atoms with E-state index in [0.717, 1.165) is 19.3 Å². The van der Waals surface area contributed by atoms with Crippen LogP contribution in [0.5, 0.6) is 0 Å². The normalized spacial score (nSPS) is 14.9.